The second-order valence-corrected chi connectivity index (χ2v) is 13.7. The zero-order valence-electron chi connectivity index (χ0n) is 28.6. The Balaban J connectivity index is 1.12. The number of para-hydroxylation sites is 5. The maximum absolute atomic E-state index is 10.4. The normalized spacial score (nSPS) is 11.8. The molecule has 0 saturated heterocycles. The molecule has 0 spiro atoms. The first-order chi connectivity index (χ1) is 26.3. The Bertz CT molecular complexity index is 3240. The average Bonchev–Trinajstić information content (AvgIpc) is 3.86. The van der Waals surface area contributed by atoms with E-state index < -0.39 is 0 Å². The molecule has 3 aromatic heterocycles. The van der Waals surface area contributed by atoms with Gasteiger partial charge in [0.2, 0.25) is 0 Å². The number of hydrogen-bond donors (Lipinski definition) is 0. The van der Waals surface area contributed by atoms with Gasteiger partial charge in [-0.1, -0.05) is 109 Å². The molecule has 0 amide bonds. The highest BCUT2D eigenvalue weighted by Gasteiger charge is 2.19. The molecule has 0 aliphatic heterocycles. The van der Waals surface area contributed by atoms with Crippen LogP contribution in [0.5, 0.6) is 0 Å². The smallest absolute Gasteiger partial charge is 0.101 e. The molecule has 0 radical (unpaired) electrons. The Morgan fingerprint density at radius 2 is 0.792 bits per heavy atom. The third-order valence-corrected chi connectivity index (χ3v) is 10.9. The average molecular weight is 675 g/mol. The minimum absolute atomic E-state index is 0.631. The Kier molecular flexibility index (Phi) is 6.28. The standard InChI is InChI=1S/C49H30N4/c50-31-34-22-25-36(30-48(34)53-45-20-10-5-14-37(45)38-15-6-11-21-46(38)53)52-44-19-9-7-17-40(44)42-28-32(24-27-47(42)52)33-23-26-41-39-16-4-8-18-43(39)51(49(41)29-33)35-12-2-1-3-13-35/h1-30H. The number of fused-ring (bicyclic) bond motifs is 9. The summed E-state index contributed by atoms with van der Waals surface area (Å²) in [6, 6.07) is 67.2. The third kappa shape index (κ3) is 4.29. The molecule has 0 saturated carbocycles. The number of nitriles is 1. The summed E-state index contributed by atoms with van der Waals surface area (Å²) in [6.07, 6.45) is 0. The molecule has 0 aliphatic carbocycles. The highest BCUT2D eigenvalue weighted by atomic mass is 15.0. The Hall–Kier alpha value is -7.35. The summed E-state index contributed by atoms with van der Waals surface area (Å²) >= 11 is 0. The number of nitrogens with zero attached hydrogens (tertiary/aromatic N) is 4. The number of aromatic nitrogens is 3. The fourth-order valence-electron chi connectivity index (χ4n) is 8.56. The minimum atomic E-state index is 0.631. The zero-order chi connectivity index (χ0) is 35.0. The zero-order valence-corrected chi connectivity index (χ0v) is 28.6. The summed E-state index contributed by atoms with van der Waals surface area (Å²) in [5.41, 5.74) is 12.8. The Morgan fingerprint density at radius 1 is 0.321 bits per heavy atom. The topological polar surface area (TPSA) is 38.6 Å². The van der Waals surface area contributed by atoms with Crippen LogP contribution in [0.25, 0.3) is 93.6 Å². The fourth-order valence-corrected chi connectivity index (χ4v) is 8.56. The second kappa shape index (κ2) is 11.3. The summed E-state index contributed by atoms with van der Waals surface area (Å²) in [5.74, 6) is 0. The van der Waals surface area contributed by atoms with E-state index >= 15 is 0 Å². The molecule has 0 atom stereocenters. The van der Waals surface area contributed by atoms with Gasteiger partial charge in [-0.2, -0.15) is 5.26 Å². The van der Waals surface area contributed by atoms with Gasteiger partial charge in [0, 0.05) is 43.7 Å². The lowest BCUT2D eigenvalue weighted by molar-refractivity contribution is 1.13. The Labute approximate surface area is 305 Å². The third-order valence-electron chi connectivity index (χ3n) is 10.9. The van der Waals surface area contributed by atoms with E-state index in [9.17, 15) is 5.26 Å². The van der Waals surface area contributed by atoms with Crippen LogP contribution in [0.1, 0.15) is 5.56 Å². The van der Waals surface area contributed by atoms with E-state index in [0.29, 0.717) is 5.56 Å². The van der Waals surface area contributed by atoms with Crippen molar-refractivity contribution in [3.05, 3.63) is 188 Å². The molecule has 4 heteroatoms. The van der Waals surface area contributed by atoms with Crippen LogP contribution in [0.4, 0.5) is 0 Å². The van der Waals surface area contributed by atoms with E-state index in [0.717, 1.165) is 44.7 Å². The first-order valence-electron chi connectivity index (χ1n) is 17.9. The van der Waals surface area contributed by atoms with Gasteiger partial charge >= 0.3 is 0 Å². The van der Waals surface area contributed by atoms with Crippen molar-refractivity contribution in [2.24, 2.45) is 0 Å². The SMILES string of the molecule is N#Cc1ccc(-n2c3ccccc3c3cc(-c4ccc5c6ccccc6n(-c6ccccc6)c5c4)ccc32)cc1-n1c2ccccc2c2ccccc21. The van der Waals surface area contributed by atoms with Gasteiger partial charge in [-0.25, -0.2) is 0 Å². The molecule has 246 valence electrons. The second-order valence-electron chi connectivity index (χ2n) is 13.7. The van der Waals surface area contributed by atoms with Crippen LogP contribution in [-0.2, 0) is 0 Å². The molecule has 11 rings (SSSR count). The van der Waals surface area contributed by atoms with Crippen LogP contribution in [0.15, 0.2) is 182 Å². The van der Waals surface area contributed by atoms with Crippen molar-refractivity contribution in [2.45, 2.75) is 0 Å². The molecule has 0 aliphatic rings. The van der Waals surface area contributed by atoms with E-state index in [-0.39, 0.29) is 0 Å². The predicted octanol–water partition coefficient (Wildman–Crippen LogP) is 12.5. The lowest BCUT2D eigenvalue weighted by Gasteiger charge is -2.14. The van der Waals surface area contributed by atoms with Gasteiger partial charge < -0.3 is 13.7 Å². The molecule has 11 aromatic rings. The molecule has 0 N–H and O–H groups in total. The highest BCUT2D eigenvalue weighted by Crippen LogP contribution is 2.39. The van der Waals surface area contributed by atoms with Crippen LogP contribution in [-0.4, -0.2) is 13.7 Å². The number of hydrogen-bond acceptors (Lipinski definition) is 1. The van der Waals surface area contributed by atoms with Gasteiger partial charge in [-0.05, 0) is 83.9 Å². The first kappa shape index (κ1) is 29.4. The highest BCUT2D eigenvalue weighted by molar-refractivity contribution is 6.13. The van der Waals surface area contributed by atoms with Crippen molar-refractivity contribution in [2.75, 3.05) is 0 Å². The maximum Gasteiger partial charge on any atom is 0.101 e. The van der Waals surface area contributed by atoms with Crippen LogP contribution in [0.2, 0.25) is 0 Å². The summed E-state index contributed by atoms with van der Waals surface area (Å²) in [6.45, 7) is 0. The van der Waals surface area contributed by atoms with Gasteiger partial charge in [0.1, 0.15) is 6.07 Å². The fraction of sp³-hybridized carbons (Fsp3) is 0. The molecule has 0 bridgehead atoms. The first-order valence-corrected chi connectivity index (χ1v) is 17.9. The predicted molar refractivity (Wildman–Crippen MR) is 220 cm³/mol. The van der Waals surface area contributed by atoms with Crippen molar-refractivity contribution in [1.29, 1.82) is 5.26 Å². The quantitative estimate of drug-likeness (QED) is 0.183. The molecule has 4 nitrogen and oxygen atoms in total. The van der Waals surface area contributed by atoms with E-state index in [1.54, 1.807) is 0 Å². The van der Waals surface area contributed by atoms with Crippen molar-refractivity contribution < 1.29 is 0 Å². The lowest BCUT2D eigenvalue weighted by Crippen LogP contribution is -2.01. The van der Waals surface area contributed by atoms with E-state index in [1.807, 2.05) is 6.07 Å². The van der Waals surface area contributed by atoms with E-state index in [1.165, 1.54) is 48.9 Å². The largest absolute Gasteiger partial charge is 0.309 e. The lowest BCUT2D eigenvalue weighted by atomic mass is 10.0. The maximum atomic E-state index is 10.4. The van der Waals surface area contributed by atoms with Crippen molar-refractivity contribution >= 4 is 65.4 Å². The van der Waals surface area contributed by atoms with Crippen LogP contribution < -0.4 is 0 Å². The molecular formula is C49H30N4. The van der Waals surface area contributed by atoms with Crippen LogP contribution in [0, 0.1) is 11.3 Å². The monoisotopic (exact) mass is 674 g/mol. The molecular weight excluding hydrogens is 645 g/mol. The molecule has 0 fully saturated rings. The van der Waals surface area contributed by atoms with Crippen molar-refractivity contribution in [3.8, 4) is 34.3 Å². The van der Waals surface area contributed by atoms with E-state index in [2.05, 4.69) is 196 Å². The molecule has 3 heterocycles. The van der Waals surface area contributed by atoms with Crippen molar-refractivity contribution in [3.63, 3.8) is 0 Å². The number of benzene rings is 8. The molecule has 8 aromatic carbocycles. The number of rotatable bonds is 4. The molecule has 0 unspecified atom stereocenters. The van der Waals surface area contributed by atoms with Gasteiger partial charge in [0.25, 0.3) is 0 Å². The van der Waals surface area contributed by atoms with Gasteiger partial charge in [0.05, 0.1) is 44.4 Å². The minimum Gasteiger partial charge on any atom is -0.309 e. The molecule has 53 heavy (non-hydrogen) atoms. The van der Waals surface area contributed by atoms with Gasteiger partial charge in [-0.3, -0.25) is 0 Å². The van der Waals surface area contributed by atoms with Gasteiger partial charge in [0.15, 0.2) is 0 Å². The Morgan fingerprint density at radius 3 is 1.42 bits per heavy atom. The van der Waals surface area contributed by atoms with E-state index in [4.69, 9.17) is 0 Å². The summed E-state index contributed by atoms with van der Waals surface area (Å²) in [4.78, 5) is 0. The summed E-state index contributed by atoms with van der Waals surface area (Å²) in [5, 5.41) is 17.6. The summed E-state index contributed by atoms with van der Waals surface area (Å²) in [7, 11) is 0. The van der Waals surface area contributed by atoms with Crippen LogP contribution >= 0.6 is 0 Å². The van der Waals surface area contributed by atoms with Gasteiger partial charge in [-0.15, -0.1) is 0 Å². The summed E-state index contributed by atoms with van der Waals surface area (Å²) < 4.78 is 6.95. The van der Waals surface area contributed by atoms with Crippen LogP contribution in [0.3, 0.4) is 0 Å². The van der Waals surface area contributed by atoms with Crippen molar-refractivity contribution in [1.82, 2.24) is 13.7 Å².